The number of ether oxygens (including phenoxy) is 1. The average Bonchev–Trinajstić information content (AvgIpc) is 3.67. The molecule has 318 valence electrons. The molecule has 0 spiro atoms. The smallest absolute Gasteiger partial charge is 0.274 e. The molecule has 5 N–H and O–H groups in total. The van der Waals surface area contributed by atoms with Gasteiger partial charge in [-0.3, -0.25) is 35.0 Å². The molecule has 17 heteroatoms. The van der Waals surface area contributed by atoms with Gasteiger partial charge in [-0.1, -0.05) is 0 Å². The maximum absolute atomic E-state index is 15.1. The summed E-state index contributed by atoms with van der Waals surface area (Å²) in [5, 5.41) is 34.2. The average molecular weight is 836 g/mol. The summed E-state index contributed by atoms with van der Waals surface area (Å²) in [7, 11) is 0. The fourth-order valence-corrected chi connectivity index (χ4v) is 9.00. The van der Waals surface area contributed by atoms with Crippen LogP contribution in [0.1, 0.15) is 66.1 Å². The van der Waals surface area contributed by atoms with Gasteiger partial charge in [0.25, 0.3) is 5.91 Å². The van der Waals surface area contributed by atoms with Crippen molar-refractivity contribution >= 4 is 40.9 Å². The minimum absolute atomic E-state index is 0.0109. The van der Waals surface area contributed by atoms with Gasteiger partial charge in [0.2, 0.25) is 17.5 Å². The van der Waals surface area contributed by atoms with Crippen LogP contribution in [0.5, 0.6) is 0 Å². The summed E-state index contributed by atoms with van der Waals surface area (Å²) in [6.45, 7) is 6.12. The lowest BCUT2D eigenvalue weighted by Gasteiger charge is -2.46. The summed E-state index contributed by atoms with van der Waals surface area (Å²) in [5.41, 5.74) is 2.82. The first kappa shape index (κ1) is 41.6. The maximum atomic E-state index is 15.1. The third-order valence-electron chi connectivity index (χ3n) is 12.3. The largest absolute Gasteiger partial charge is 0.489 e. The van der Waals surface area contributed by atoms with E-state index in [-0.39, 0.29) is 37.3 Å². The van der Waals surface area contributed by atoms with E-state index in [1.165, 1.54) is 22.8 Å². The number of hydrogen-bond donors (Lipinski definition) is 4. The number of nitrogens with one attached hydrogen (secondary N) is 2. The maximum Gasteiger partial charge on any atom is 0.274 e. The highest BCUT2D eigenvalue weighted by Gasteiger charge is 2.36. The van der Waals surface area contributed by atoms with Crippen LogP contribution in [-0.2, 0) is 14.3 Å². The number of benzene rings is 1. The number of rotatable bonds is 12. The van der Waals surface area contributed by atoms with Crippen LogP contribution >= 0.6 is 0 Å². The van der Waals surface area contributed by atoms with Crippen LogP contribution in [-0.4, -0.2) is 119 Å². The number of halogens is 2. The molecule has 61 heavy (non-hydrogen) atoms. The summed E-state index contributed by atoms with van der Waals surface area (Å²) in [4.78, 5) is 48.8. The Balaban J connectivity index is 0.787. The molecule has 8 rings (SSSR count). The van der Waals surface area contributed by atoms with E-state index in [1.807, 2.05) is 17.2 Å². The van der Waals surface area contributed by atoms with Gasteiger partial charge in [0, 0.05) is 87.9 Å². The topological polar surface area (TPSA) is 193 Å². The number of anilines is 1. The third kappa shape index (κ3) is 9.31. The molecule has 0 radical (unpaired) electrons. The molecule has 0 unspecified atom stereocenters. The Morgan fingerprint density at radius 3 is 2.52 bits per heavy atom. The quantitative estimate of drug-likeness (QED) is 0.155. The highest BCUT2D eigenvalue weighted by Crippen LogP contribution is 2.35. The number of imide groups is 1. The summed E-state index contributed by atoms with van der Waals surface area (Å²) < 4.78 is 37.3. The molecule has 2 aliphatic carbocycles. The van der Waals surface area contributed by atoms with E-state index < -0.39 is 35.3 Å². The molecule has 1 atom stereocenters. The van der Waals surface area contributed by atoms with Crippen LogP contribution in [0.4, 0.5) is 14.5 Å². The van der Waals surface area contributed by atoms with Crippen LogP contribution in [0.15, 0.2) is 76.9 Å². The first-order chi connectivity index (χ1) is 29.6. The van der Waals surface area contributed by atoms with Crippen molar-refractivity contribution in [3.05, 3.63) is 100 Å². The molecular formula is C44H49F2N10O5+. The van der Waals surface area contributed by atoms with Gasteiger partial charge in [0.15, 0.2) is 0 Å². The molecule has 5 aliphatic rings. The molecule has 0 bridgehead atoms. The van der Waals surface area contributed by atoms with Crippen LogP contribution in [0.25, 0.3) is 5.52 Å². The summed E-state index contributed by atoms with van der Waals surface area (Å²) in [5.74, 6) is -2.99. The van der Waals surface area contributed by atoms with Gasteiger partial charge in [-0.25, -0.2) is 13.3 Å². The number of fused-ring (bicyclic) bond motifs is 1. The predicted octanol–water partition coefficient (Wildman–Crippen LogP) is 1.99. The van der Waals surface area contributed by atoms with Gasteiger partial charge in [0.1, 0.15) is 35.8 Å². The molecule has 15 nitrogen and oxygen atoms in total. The molecule has 1 aromatic carbocycles. The number of nitrogens with zero attached hydrogens (tertiary/aromatic N) is 7. The minimum Gasteiger partial charge on any atom is -0.489 e. The van der Waals surface area contributed by atoms with E-state index in [1.54, 1.807) is 36.6 Å². The van der Waals surface area contributed by atoms with Crippen molar-refractivity contribution in [3.8, 4) is 6.07 Å². The van der Waals surface area contributed by atoms with E-state index in [0.717, 1.165) is 58.4 Å². The van der Waals surface area contributed by atoms with Crippen molar-refractivity contribution in [2.45, 2.75) is 50.5 Å². The number of aliphatic imine (C=N–C) groups is 1. The Labute approximate surface area is 351 Å². The zero-order chi connectivity index (χ0) is 42.6. The Hall–Kier alpha value is -6.09. The highest BCUT2D eigenvalue weighted by molar-refractivity contribution is 6.09. The van der Waals surface area contributed by atoms with Gasteiger partial charge < -0.3 is 25.0 Å². The normalized spacial score (nSPS) is 23.8. The van der Waals surface area contributed by atoms with Crippen molar-refractivity contribution in [1.29, 1.82) is 5.26 Å². The van der Waals surface area contributed by atoms with Crippen molar-refractivity contribution in [3.63, 3.8) is 0 Å². The molecule has 3 aliphatic heterocycles. The Morgan fingerprint density at radius 2 is 1.82 bits per heavy atom. The molecule has 3 aromatic rings. The molecular weight excluding hydrogens is 787 g/mol. The number of carbonyl (C=O) groups is 3. The van der Waals surface area contributed by atoms with Gasteiger partial charge >= 0.3 is 0 Å². The fraction of sp³-hybridized carbons (Fsp3) is 0.432. The molecule has 3 amide bonds. The number of carbonyl (C=O) groups excluding carboxylic acids is 3. The lowest BCUT2D eigenvalue weighted by Crippen LogP contribution is -2.56. The molecule has 3 saturated heterocycles. The van der Waals surface area contributed by atoms with E-state index >= 15 is 8.78 Å². The van der Waals surface area contributed by atoms with E-state index in [4.69, 9.17) is 10.1 Å². The molecule has 4 fully saturated rings. The number of hydrogen-bond acceptors (Lipinski definition) is 11. The number of nitrogens with two attached hydrogens (primary N) is 1. The number of aliphatic hydroxyl groups is 1. The second-order valence-corrected chi connectivity index (χ2v) is 16.3. The predicted molar refractivity (Wildman–Crippen MR) is 221 cm³/mol. The number of aromatic nitrogens is 2. The summed E-state index contributed by atoms with van der Waals surface area (Å²) in [6.07, 6.45) is 12.7. The zero-order valence-electron chi connectivity index (χ0n) is 33.7. The van der Waals surface area contributed by atoms with Crippen molar-refractivity contribution in [2.75, 3.05) is 63.9 Å². The van der Waals surface area contributed by atoms with Crippen LogP contribution in [0, 0.1) is 34.8 Å². The Morgan fingerprint density at radius 1 is 1.07 bits per heavy atom. The SMILES string of the molecule is N#Cc1cnn2c(C(=O)NC3=C/C(=C/N=CC4CCC(N5CCN(CC6CN(c7cc(F)c([C@H]8CCC(=O)NC8=O)c(F)c7)C6)CC5)CC4)C(=[NH2+])C=C3OCCO)ccc2c1. The monoisotopic (exact) mass is 835 g/mol. The number of piperidine rings is 1. The number of aliphatic hydroxyl groups excluding tert-OH is 1. The Bertz CT molecular complexity index is 2360. The molecule has 1 saturated carbocycles. The number of allylic oxidation sites excluding steroid dienone is 3. The van der Waals surface area contributed by atoms with Crippen LogP contribution in [0.3, 0.4) is 0 Å². The Kier molecular flexibility index (Phi) is 12.5. The van der Waals surface area contributed by atoms with Crippen LogP contribution in [0.2, 0.25) is 0 Å². The third-order valence-corrected chi connectivity index (χ3v) is 12.3. The lowest BCUT2D eigenvalue weighted by atomic mass is 9.85. The number of amides is 3. The zero-order valence-corrected chi connectivity index (χ0v) is 33.7. The fourth-order valence-electron chi connectivity index (χ4n) is 9.00. The van der Waals surface area contributed by atoms with Gasteiger partial charge in [-0.2, -0.15) is 10.4 Å². The lowest BCUT2D eigenvalue weighted by molar-refractivity contribution is -0.134. The standard InChI is InChI=1S/C44H48F2N10O5/c45-35-17-33(18-36(46)42(35)34-6-8-41(58)52-43(34)59)55-25-29(26-55)24-53-9-11-54(12-10-53)31-3-1-27(2-4-31)21-49-23-30-16-38(40(19-37(30)48)61-14-13-57)51-44(60)39-7-5-32-15-28(20-47)22-50-56(32)39/h5,7,15-19,21-23,27,29,31,34,48,57H,1-4,6,8-14,24-26H2,(H,51,60)(H,52,58,59)/p+1/b30-23-,48-37?,49-21?/t27?,31?,34-/m1/s1. The summed E-state index contributed by atoms with van der Waals surface area (Å²) in [6, 6.07) is 10.2. The van der Waals surface area contributed by atoms with Crippen molar-refractivity contribution in [1.82, 2.24) is 30.0 Å². The van der Waals surface area contributed by atoms with E-state index in [9.17, 15) is 24.8 Å². The van der Waals surface area contributed by atoms with Gasteiger partial charge in [-0.15, -0.1) is 0 Å². The number of piperazine rings is 1. The second kappa shape index (κ2) is 18.3. The van der Waals surface area contributed by atoms with Crippen LogP contribution < -0.4 is 20.9 Å². The second-order valence-electron chi connectivity index (χ2n) is 16.3. The van der Waals surface area contributed by atoms with Gasteiger partial charge in [0.05, 0.1) is 47.1 Å². The first-order valence-corrected chi connectivity index (χ1v) is 20.8. The summed E-state index contributed by atoms with van der Waals surface area (Å²) >= 11 is 0. The van der Waals surface area contributed by atoms with Crippen molar-refractivity contribution in [2.24, 2.45) is 16.8 Å². The van der Waals surface area contributed by atoms with Crippen molar-refractivity contribution < 1.29 is 38.4 Å². The van der Waals surface area contributed by atoms with Gasteiger partial charge in [-0.05, 0) is 74.4 Å². The van der Waals surface area contributed by atoms with E-state index in [0.29, 0.717) is 70.5 Å². The molecule has 5 heterocycles. The first-order valence-electron chi connectivity index (χ1n) is 20.8. The molecule has 2 aromatic heterocycles. The highest BCUT2D eigenvalue weighted by atomic mass is 19.1. The van der Waals surface area contributed by atoms with E-state index in [2.05, 4.69) is 30.5 Å². The number of nitriles is 1. The minimum atomic E-state index is -1.00.